The van der Waals surface area contributed by atoms with Crippen LogP contribution < -0.4 is 14.8 Å². The molecule has 154 valence electrons. The van der Waals surface area contributed by atoms with E-state index in [2.05, 4.69) is 9.97 Å². The van der Waals surface area contributed by atoms with Gasteiger partial charge in [0.25, 0.3) is 5.92 Å². The van der Waals surface area contributed by atoms with Crippen molar-refractivity contribution in [3.8, 4) is 17.0 Å². The minimum absolute atomic E-state index is 0.131. The molecule has 0 amide bonds. The number of rotatable bonds is 3. The maximum atomic E-state index is 14.5. The molecule has 10 heteroatoms. The van der Waals surface area contributed by atoms with E-state index in [1.807, 2.05) is 11.8 Å². The molecule has 0 radical (unpaired) electrons. The van der Waals surface area contributed by atoms with E-state index in [0.29, 0.717) is 42.0 Å². The Morgan fingerprint density at radius 3 is 2.72 bits per heavy atom. The van der Waals surface area contributed by atoms with Gasteiger partial charge in [-0.15, -0.1) is 0 Å². The first kappa shape index (κ1) is 18.7. The fourth-order valence-corrected chi connectivity index (χ4v) is 4.95. The van der Waals surface area contributed by atoms with E-state index < -0.39 is 15.9 Å². The molecule has 2 N–H and O–H groups in total. The molecule has 29 heavy (non-hydrogen) atoms. The Balaban J connectivity index is 1.75. The first-order valence-electron chi connectivity index (χ1n) is 9.54. The van der Waals surface area contributed by atoms with Crippen molar-refractivity contribution in [2.24, 2.45) is 5.14 Å². The van der Waals surface area contributed by atoms with Crippen molar-refractivity contribution < 1.29 is 21.9 Å². The molecule has 1 saturated heterocycles. The average molecular weight is 422 g/mol. The summed E-state index contributed by atoms with van der Waals surface area (Å²) in [6.07, 6.45) is 1.26. The Kier molecular flexibility index (Phi) is 3.92. The largest absolute Gasteiger partial charge is 0.492 e. The smallest absolute Gasteiger partial charge is 0.290 e. The number of primary sulfonamides is 1. The number of hydrogen-bond donors (Lipinski definition) is 1. The zero-order chi connectivity index (χ0) is 20.6. The molecule has 2 aromatic rings. The second-order valence-electron chi connectivity index (χ2n) is 7.84. The van der Waals surface area contributed by atoms with Crippen molar-refractivity contribution >= 4 is 16.0 Å². The summed E-state index contributed by atoms with van der Waals surface area (Å²) in [7, 11) is -4.05. The summed E-state index contributed by atoms with van der Waals surface area (Å²) in [5, 5.41) is 5.39. The summed E-state index contributed by atoms with van der Waals surface area (Å²) in [6.45, 7) is 3.03. The molecule has 0 bridgehead atoms. The molecule has 5 rings (SSSR count). The molecule has 1 aromatic heterocycles. The summed E-state index contributed by atoms with van der Waals surface area (Å²) in [6, 6.07) is 3.31. The van der Waals surface area contributed by atoms with Crippen LogP contribution in [0.5, 0.6) is 5.75 Å². The first-order valence-corrected chi connectivity index (χ1v) is 11.1. The SMILES string of the molecule is C[C@H]1CCN1c1nc(-c2cc3c(c(S(N)(=O)=O)c2)OCC3)c2c(n1)C(F)(F)CC2. The third kappa shape index (κ3) is 2.88. The standard InChI is InChI=1S/C19H20F2N4O3S/c1-10-3-6-25(10)18-23-15(13-2-5-19(20,21)17(13)24-18)12-8-11-4-7-28-16(11)14(9-12)29(22,26)27/h8-10H,2-7H2,1H3,(H2,22,26,27)/t10-/m0/s1. The van der Waals surface area contributed by atoms with E-state index in [1.54, 1.807) is 6.07 Å². The minimum Gasteiger partial charge on any atom is -0.492 e. The molecule has 7 nitrogen and oxygen atoms in total. The molecule has 3 aliphatic rings. The van der Waals surface area contributed by atoms with Gasteiger partial charge in [0.15, 0.2) is 0 Å². The summed E-state index contributed by atoms with van der Waals surface area (Å²) in [4.78, 5) is 10.6. The molecule has 0 saturated carbocycles. The van der Waals surface area contributed by atoms with Gasteiger partial charge >= 0.3 is 0 Å². The molecule has 0 unspecified atom stereocenters. The van der Waals surface area contributed by atoms with Gasteiger partial charge in [-0.2, -0.15) is 8.78 Å². The quantitative estimate of drug-likeness (QED) is 0.816. The molecule has 2 aliphatic heterocycles. The van der Waals surface area contributed by atoms with E-state index in [9.17, 15) is 17.2 Å². The molecule has 3 heterocycles. The number of anilines is 1. The fraction of sp³-hybridized carbons (Fsp3) is 0.474. The van der Waals surface area contributed by atoms with Crippen LogP contribution >= 0.6 is 0 Å². The van der Waals surface area contributed by atoms with Gasteiger partial charge in [-0.1, -0.05) is 0 Å². The Hall–Kier alpha value is -2.33. The Morgan fingerprint density at radius 1 is 1.28 bits per heavy atom. The van der Waals surface area contributed by atoms with Crippen LogP contribution in [0.25, 0.3) is 11.3 Å². The average Bonchev–Trinajstić information content (AvgIpc) is 3.22. The minimum atomic E-state index is -4.05. The lowest BCUT2D eigenvalue weighted by Gasteiger charge is -2.39. The van der Waals surface area contributed by atoms with Crippen LogP contribution in [0, 0.1) is 0 Å². The van der Waals surface area contributed by atoms with Crippen molar-refractivity contribution in [1.29, 1.82) is 0 Å². The van der Waals surface area contributed by atoms with Crippen LogP contribution in [0.3, 0.4) is 0 Å². The fourth-order valence-electron chi connectivity index (χ4n) is 4.21. The third-order valence-electron chi connectivity index (χ3n) is 5.94. The van der Waals surface area contributed by atoms with Crippen molar-refractivity contribution in [2.45, 2.75) is 49.5 Å². The number of halogens is 2. The predicted molar refractivity (Wildman–Crippen MR) is 102 cm³/mol. The number of aromatic nitrogens is 2. The highest BCUT2D eigenvalue weighted by Crippen LogP contribution is 2.46. The van der Waals surface area contributed by atoms with Crippen LogP contribution in [0.4, 0.5) is 14.7 Å². The van der Waals surface area contributed by atoms with E-state index in [1.165, 1.54) is 6.07 Å². The highest BCUT2D eigenvalue weighted by molar-refractivity contribution is 7.89. The zero-order valence-corrected chi connectivity index (χ0v) is 16.6. The maximum Gasteiger partial charge on any atom is 0.290 e. The number of nitrogens with zero attached hydrogens (tertiary/aromatic N) is 3. The van der Waals surface area contributed by atoms with Crippen molar-refractivity contribution in [3.05, 3.63) is 29.0 Å². The number of alkyl halides is 2. The molecule has 1 atom stereocenters. The van der Waals surface area contributed by atoms with Gasteiger partial charge in [-0.3, -0.25) is 0 Å². The highest BCUT2D eigenvalue weighted by Gasteiger charge is 2.44. The molecule has 1 fully saturated rings. The summed E-state index contributed by atoms with van der Waals surface area (Å²) in [5.74, 6) is -2.53. The van der Waals surface area contributed by atoms with E-state index in [4.69, 9.17) is 9.88 Å². The second-order valence-corrected chi connectivity index (χ2v) is 9.37. The number of hydrogen-bond acceptors (Lipinski definition) is 6. The number of ether oxygens (including phenoxy) is 1. The number of fused-ring (bicyclic) bond motifs is 2. The van der Waals surface area contributed by atoms with Crippen LogP contribution in [0.2, 0.25) is 0 Å². The van der Waals surface area contributed by atoms with Crippen LogP contribution in [-0.2, 0) is 28.8 Å². The second kappa shape index (κ2) is 6.09. The Morgan fingerprint density at radius 2 is 2.07 bits per heavy atom. The molecule has 1 aliphatic carbocycles. The third-order valence-corrected chi connectivity index (χ3v) is 6.85. The topological polar surface area (TPSA) is 98.4 Å². The van der Waals surface area contributed by atoms with Gasteiger partial charge in [-0.05, 0) is 37.5 Å². The monoisotopic (exact) mass is 422 g/mol. The predicted octanol–water partition coefficient (Wildman–Crippen LogP) is 2.36. The molecule has 1 aromatic carbocycles. The van der Waals surface area contributed by atoms with Gasteiger partial charge < -0.3 is 9.64 Å². The number of sulfonamides is 1. The maximum absolute atomic E-state index is 14.5. The Bertz CT molecular complexity index is 1140. The highest BCUT2D eigenvalue weighted by atomic mass is 32.2. The van der Waals surface area contributed by atoms with Crippen molar-refractivity contribution in [1.82, 2.24) is 9.97 Å². The lowest BCUT2D eigenvalue weighted by atomic mass is 10.0. The van der Waals surface area contributed by atoms with Gasteiger partial charge in [-0.25, -0.2) is 23.5 Å². The van der Waals surface area contributed by atoms with Gasteiger partial charge in [0, 0.05) is 36.6 Å². The Labute approximate surface area is 166 Å². The van der Waals surface area contributed by atoms with E-state index in [-0.39, 0.29) is 41.2 Å². The number of nitrogens with two attached hydrogens (primary N) is 1. The molecular weight excluding hydrogens is 402 g/mol. The van der Waals surface area contributed by atoms with Crippen molar-refractivity contribution in [3.63, 3.8) is 0 Å². The lowest BCUT2D eigenvalue weighted by molar-refractivity contribution is -0.00595. The summed E-state index contributed by atoms with van der Waals surface area (Å²) >= 11 is 0. The van der Waals surface area contributed by atoms with E-state index >= 15 is 0 Å². The molecular formula is C19H20F2N4O3S. The van der Waals surface area contributed by atoms with Crippen LogP contribution in [-0.4, -0.2) is 37.6 Å². The summed E-state index contributed by atoms with van der Waals surface area (Å²) in [5.41, 5.74) is 1.59. The van der Waals surface area contributed by atoms with Crippen molar-refractivity contribution in [2.75, 3.05) is 18.1 Å². The van der Waals surface area contributed by atoms with Gasteiger partial charge in [0.05, 0.1) is 12.3 Å². The van der Waals surface area contributed by atoms with Crippen LogP contribution in [0.1, 0.15) is 36.6 Å². The first-order chi connectivity index (χ1) is 13.6. The number of benzene rings is 1. The van der Waals surface area contributed by atoms with E-state index in [0.717, 1.165) is 6.42 Å². The van der Waals surface area contributed by atoms with Crippen LogP contribution in [0.15, 0.2) is 17.0 Å². The molecule has 0 spiro atoms. The normalized spacial score (nSPS) is 22.1. The summed E-state index contributed by atoms with van der Waals surface area (Å²) < 4.78 is 58.8. The van der Waals surface area contributed by atoms with Gasteiger partial charge in [0.2, 0.25) is 16.0 Å². The zero-order valence-electron chi connectivity index (χ0n) is 15.8. The lowest BCUT2D eigenvalue weighted by Crippen LogP contribution is -2.47. The van der Waals surface area contributed by atoms with Gasteiger partial charge in [0.1, 0.15) is 16.3 Å².